The third-order valence-electron chi connectivity index (χ3n) is 27.0. The van der Waals surface area contributed by atoms with Crippen LogP contribution in [0.3, 0.4) is 0 Å². The van der Waals surface area contributed by atoms with Crippen LogP contribution in [0, 0.1) is 24.3 Å². The quantitative estimate of drug-likeness (QED) is 0.0290. The van der Waals surface area contributed by atoms with Gasteiger partial charge >= 0.3 is 487 Å². The van der Waals surface area contributed by atoms with E-state index >= 15 is 0 Å². The van der Waals surface area contributed by atoms with Gasteiger partial charge in [-0.3, -0.25) is 19.9 Å². The van der Waals surface area contributed by atoms with E-state index in [9.17, 15) is 4.57 Å². The zero-order chi connectivity index (χ0) is 97.8. The molecule has 3 aliphatic rings. The summed E-state index contributed by atoms with van der Waals surface area (Å²) in [5.74, 6) is 0. The van der Waals surface area contributed by atoms with Gasteiger partial charge in [0.05, 0.1) is 11.4 Å². The van der Waals surface area contributed by atoms with E-state index in [1.165, 1.54) is 82.7 Å². The van der Waals surface area contributed by atoms with Crippen LogP contribution in [0.5, 0.6) is 0 Å². The van der Waals surface area contributed by atoms with E-state index in [0.717, 1.165) is 186 Å². The maximum absolute atomic E-state index is 14.5. The van der Waals surface area contributed by atoms with Gasteiger partial charge in [0.25, 0.3) is 0 Å². The summed E-state index contributed by atoms with van der Waals surface area (Å²) >= 11 is -2.39. The van der Waals surface area contributed by atoms with Crippen molar-refractivity contribution >= 4 is 138 Å². The van der Waals surface area contributed by atoms with Gasteiger partial charge in [0.2, 0.25) is 0 Å². The average Bonchev–Trinajstić information content (AvgIpc) is 1.56. The Morgan fingerprint density at radius 1 is 0.284 bits per heavy atom. The van der Waals surface area contributed by atoms with Crippen LogP contribution in [-0.4, -0.2) is 81.9 Å². The van der Waals surface area contributed by atoms with Crippen LogP contribution in [-0.2, 0) is 70.5 Å². The molecule has 0 fully saturated rings. The van der Waals surface area contributed by atoms with Crippen LogP contribution in [0.15, 0.2) is 413 Å². The molecule has 0 spiro atoms. The Bertz CT molecular complexity index is 7970. The predicted octanol–water partition coefficient (Wildman–Crippen LogP) is 31.6. The van der Waals surface area contributed by atoms with Gasteiger partial charge in [0, 0.05) is 51.9 Å². The Morgan fingerprint density at radius 3 is 1.10 bits per heavy atom. The van der Waals surface area contributed by atoms with E-state index in [2.05, 4.69) is 237 Å². The van der Waals surface area contributed by atoms with Crippen molar-refractivity contribution in [3.8, 4) is 124 Å². The summed E-state index contributed by atoms with van der Waals surface area (Å²) in [6, 6.07) is 149. The number of hydrogen-bond donors (Lipinski definition) is 0. The average molecular weight is 2260 g/mol. The van der Waals surface area contributed by atoms with Crippen molar-refractivity contribution in [3.05, 3.63) is 459 Å². The molecule has 21 heteroatoms. The topological polar surface area (TPSA) is 177 Å². The molecule has 12 aromatic carbocycles. The second-order valence-electron chi connectivity index (χ2n) is 36.3. The molecule has 0 amide bonds. The number of benzene rings is 12. The first-order chi connectivity index (χ1) is 71.0. The molecule has 148 heavy (non-hydrogen) atoms. The molecular formula is C127H103GeN12Ni4OPSeSi. The number of para-hydroxylation sites is 4. The van der Waals surface area contributed by atoms with Gasteiger partial charge in [-0.05, 0) is 52.1 Å². The van der Waals surface area contributed by atoms with Crippen LogP contribution in [0.1, 0.15) is 66.7 Å². The standard InChI is InChI=1S/C34H31GeN3.C34H31N3Si.C31H24N3OP.C28H17N3Se.4Ni/c1-3-21-35(22-4-2)28-16-11-18-32(37-27-14-6-5-7-15-27)33(28)34-29(35)19-20-31(38-34)26-13-10-12-25(24-26)30-17-8-9-23-36-30;1-3-22-38(23-4-2)31-18-11-17-30(36-27-14-6-5-7-15-27)33(31)34-32(38)20-19-29(37-34)26-13-10-12-25(24-26)28-16-8-9-21-35-28;1-2-20-36(35)28-16-9-15-27(33-24-12-4-3-5-13-24)30(28)31-29(36)18-17-26(34-31)23-11-8-10-22(21-23)25-14-6-7-19-32-25;1-2-10-21(11-3-1)30-24-13-7-14-25-27(24)28-26(32-25)16-15-23(31-28)20-9-6-8-19(18-20)22-12-4-5-17-29-22;;;;/h5-20,23H,3-4,21-22H2,1-2H3;5-21H,3-4,22-23H2,1-2H3;3-19H,2,20H2,1H3;1-17H;;;;/q4*-2;4*+2. The third kappa shape index (κ3) is 22.0. The predicted molar refractivity (Wildman–Crippen MR) is 604 cm³/mol. The van der Waals surface area contributed by atoms with Crippen molar-refractivity contribution in [2.45, 2.75) is 89.3 Å². The molecule has 13 nitrogen and oxygen atoms in total. The van der Waals surface area contributed by atoms with Gasteiger partial charge in [-0.15, -0.1) is 71.3 Å². The third-order valence-corrected chi connectivity index (χ3v) is 50.0. The van der Waals surface area contributed by atoms with Crippen LogP contribution in [0.4, 0.5) is 45.5 Å². The summed E-state index contributed by atoms with van der Waals surface area (Å²) in [4.78, 5) is 39.0. The number of rotatable bonds is 26. The number of hydrogen-bond acceptors (Lipinski definition) is 9. The van der Waals surface area contributed by atoms with E-state index in [1.807, 2.05) is 243 Å². The minimum atomic E-state index is -2.79. The molecule has 0 bridgehead atoms. The maximum atomic E-state index is 14.5. The molecule has 0 aliphatic carbocycles. The Kier molecular flexibility index (Phi) is 34.8. The van der Waals surface area contributed by atoms with Crippen molar-refractivity contribution in [2.24, 2.45) is 0 Å². The molecular weight excluding hydrogens is 2150 g/mol. The van der Waals surface area contributed by atoms with Crippen LogP contribution in [0.2, 0.25) is 22.6 Å². The van der Waals surface area contributed by atoms with E-state index in [-0.39, 0.29) is 80.5 Å². The molecule has 736 valence electrons. The summed E-state index contributed by atoms with van der Waals surface area (Å²) in [6.07, 6.45) is 13.4. The summed E-state index contributed by atoms with van der Waals surface area (Å²) < 4.78 is 20.2. The van der Waals surface area contributed by atoms with Gasteiger partial charge < -0.3 is 15.2 Å². The van der Waals surface area contributed by atoms with Crippen LogP contribution >= 0.6 is 7.14 Å². The van der Waals surface area contributed by atoms with Gasteiger partial charge in [0.1, 0.15) is 15.2 Å². The van der Waals surface area contributed by atoms with Crippen LogP contribution in [0.25, 0.3) is 165 Å². The fraction of sp³-hybridized carbons (Fsp3) is 0.118. The second kappa shape index (κ2) is 48.7. The second-order valence-corrected chi connectivity index (χ2v) is 54.6. The minimum absolute atomic E-state index is 0. The van der Waals surface area contributed by atoms with Crippen molar-refractivity contribution in [1.29, 1.82) is 0 Å². The fourth-order valence-electron chi connectivity index (χ4n) is 20.8. The van der Waals surface area contributed by atoms with Gasteiger partial charge in [-0.25, -0.2) is 0 Å². The molecule has 1 unspecified atom stereocenters. The Balaban J connectivity index is 0.000000134. The summed E-state index contributed by atoms with van der Waals surface area (Å²) in [5.41, 5.74) is 29.9. The van der Waals surface area contributed by atoms with E-state index in [4.69, 9.17) is 41.2 Å². The molecule has 1 atom stereocenters. The summed E-state index contributed by atoms with van der Waals surface area (Å²) in [7, 11) is -4.75. The molecule has 0 radical (unpaired) electrons. The van der Waals surface area contributed by atoms with Gasteiger partial charge in [-0.1, -0.05) is 201 Å². The van der Waals surface area contributed by atoms with E-state index in [1.54, 1.807) is 16.8 Å². The summed E-state index contributed by atoms with van der Waals surface area (Å²) in [5, 5.41) is 28.5. The number of fused-ring (bicyclic) bond motifs is 12. The SMILES string of the molecule is CCCP1(=O)c2ccc(-c3[c-]c(-c4ccccn4)ccc3)nc2-c2c([N-]c3ccccc3)cccc21.CCC[Si]1(CCC)c2ccc(-c3[c-]c(-c4ccccn4)ccc3)nc2-c2c([N-]c3ccccc3)cccc21.CC[CH2][Ge]1([CH2]CC)[c]2ccc(-c3[c-]c(-c4ccccn4)ccc3)nc2-c2c([N-]c3ccccc3)ccc[c]21.[Ni+2].[Ni+2].[Ni+2].[Ni+2].[c-]1c(-c2ccccn2)cccc1-c1ccc2[se]c3cccc([N-]c4ccccc4)c3c2n1. The normalized spacial score (nSPS) is 13.0. The van der Waals surface area contributed by atoms with E-state index < -0.39 is 28.5 Å². The fourth-order valence-corrected chi connectivity index (χ4v) is 43.2. The number of pyridine rings is 8. The molecule has 21 aromatic rings. The van der Waals surface area contributed by atoms with Crippen molar-refractivity contribution < 1.29 is 70.5 Å². The first kappa shape index (κ1) is 106. The number of aromatic nitrogens is 8. The molecule has 24 rings (SSSR count). The molecule has 0 N–H and O–H groups in total. The monoisotopic (exact) mass is 2260 g/mol. The number of nitrogens with zero attached hydrogens (tertiary/aromatic N) is 12. The zero-order valence-corrected chi connectivity index (χ0v) is 91.9. The van der Waals surface area contributed by atoms with Gasteiger partial charge in [-0.2, -0.15) is 0 Å². The zero-order valence-electron chi connectivity index (χ0n) is 82.2. The molecule has 0 saturated carbocycles. The Morgan fingerprint density at radius 2 is 0.655 bits per heavy atom. The molecule has 12 heterocycles. The van der Waals surface area contributed by atoms with Crippen molar-refractivity contribution in [3.63, 3.8) is 0 Å². The Labute approximate surface area is 917 Å². The molecule has 0 saturated heterocycles. The Hall–Kier alpha value is -13.5. The van der Waals surface area contributed by atoms with Gasteiger partial charge in [0.15, 0.2) is 0 Å². The van der Waals surface area contributed by atoms with Crippen molar-refractivity contribution in [1.82, 2.24) is 39.9 Å². The summed E-state index contributed by atoms with van der Waals surface area (Å²) in [6.45, 7) is 11.4. The first-order valence-electron chi connectivity index (χ1n) is 49.7. The van der Waals surface area contributed by atoms with Crippen LogP contribution < -0.4 is 29.8 Å². The van der Waals surface area contributed by atoms with E-state index in [0.29, 0.717) is 6.16 Å². The first-order valence-corrected chi connectivity index (χ1v) is 60.8. The van der Waals surface area contributed by atoms with Crippen molar-refractivity contribution in [2.75, 3.05) is 6.16 Å². The molecule has 3 aliphatic heterocycles. The molecule has 9 aromatic heterocycles.